The number of carbonyl (C=O) groups is 2. The zero-order valence-electron chi connectivity index (χ0n) is 16.0. The third-order valence-electron chi connectivity index (χ3n) is 3.69. The van der Waals surface area contributed by atoms with Gasteiger partial charge in [-0.05, 0) is 51.5 Å². The molecule has 0 saturated heterocycles. The molecule has 0 saturated carbocycles. The second-order valence-electron chi connectivity index (χ2n) is 7.18. The summed E-state index contributed by atoms with van der Waals surface area (Å²) in [7, 11) is 0. The van der Waals surface area contributed by atoms with Crippen LogP contribution in [-0.2, 0) is 4.79 Å². The van der Waals surface area contributed by atoms with Gasteiger partial charge in [-0.2, -0.15) is 0 Å². The highest BCUT2D eigenvalue weighted by Crippen LogP contribution is 2.25. The van der Waals surface area contributed by atoms with Gasteiger partial charge in [-0.25, -0.2) is 0 Å². The van der Waals surface area contributed by atoms with Crippen LogP contribution in [0.4, 0.5) is 5.69 Å². The van der Waals surface area contributed by atoms with Gasteiger partial charge in [0.05, 0.1) is 16.3 Å². The molecule has 1 unspecified atom stereocenters. The third kappa shape index (κ3) is 6.00. The molecule has 144 valence electrons. The number of carbonyl (C=O) groups excluding carboxylic acids is 2. The summed E-state index contributed by atoms with van der Waals surface area (Å²) in [6, 6.07) is 13.9. The van der Waals surface area contributed by atoms with Crippen molar-refractivity contribution in [2.75, 3.05) is 5.32 Å². The van der Waals surface area contributed by atoms with Crippen LogP contribution in [0.1, 0.15) is 44.5 Å². The predicted octanol–water partition coefficient (Wildman–Crippen LogP) is 4.66. The van der Waals surface area contributed by atoms with Crippen molar-refractivity contribution >= 4 is 29.1 Å². The molecule has 0 heterocycles. The smallest absolute Gasteiger partial charge is 0.265 e. The fourth-order valence-corrected chi connectivity index (χ4v) is 2.61. The quantitative estimate of drug-likeness (QED) is 0.755. The summed E-state index contributed by atoms with van der Waals surface area (Å²) in [5, 5.41) is 6.14. The molecule has 0 aliphatic heterocycles. The molecule has 0 fully saturated rings. The topological polar surface area (TPSA) is 67.4 Å². The Bertz CT molecular complexity index is 815. The van der Waals surface area contributed by atoms with E-state index in [9.17, 15) is 9.59 Å². The number of rotatable bonds is 6. The molecule has 0 aliphatic rings. The Hall–Kier alpha value is -2.53. The highest BCUT2D eigenvalue weighted by atomic mass is 35.5. The Morgan fingerprint density at radius 1 is 1.07 bits per heavy atom. The maximum absolute atomic E-state index is 12.7. The lowest BCUT2D eigenvalue weighted by molar-refractivity contribution is -0.122. The molecule has 6 heteroatoms. The van der Waals surface area contributed by atoms with Crippen LogP contribution in [0.3, 0.4) is 0 Å². The van der Waals surface area contributed by atoms with Gasteiger partial charge in [0.15, 0.2) is 6.10 Å². The van der Waals surface area contributed by atoms with E-state index in [1.165, 1.54) is 0 Å². The van der Waals surface area contributed by atoms with Gasteiger partial charge < -0.3 is 15.4 Å². The average molecular weight is 389 g/mol. The zero-order valence-corrected chi connectivity index (χ0v) is 16.8. The maximum Gasteiger partial charge on any atom is 0.265 e. The number of ether oxygens (including phenoxy) is 1. The van der Waals surface area contributed by atoms with Crippen molar-refractivity contribution in [3.63, 3.8) is 0 Å². The Morgan fingerprint density at radius 2 is 1.70 bits per heavy atom. The number of amides is 2. The molecular weight excluding hydrogens is 364 g/mol. The lowest BCUT2D eigenvalue weighted by atomic mass is 10.1. The number of benzene rings is 2. The number of hydrogen-bond acceptors (Lipinski definition) is 3. The summed E-state index contributed by atoms with van der Waals surface area (Å²) in [5.41, 5.74) is 0.451. The van der Waals surface area contributed by atoms with Crippen molar-refractivity contribution in [1.82, 2.24) is 5.32 Å². The first kappa shape index (κ1) is 20.8. The summed E-state index contributed by atoms with van der Waals surface area (Å²) in [4.78, 5) is 25.2. The van der Waals surface area contributed by atoms with Gasteiger partial charge >= 0.3 is 0 Å². The van der Waals surface area contributed by atoms with Crippen molar-refractivity contribution in [3.05, 3.63) is 59.1 Å². The van der Waals surface area contributed by atoms with E-state index in [0.29, 0.717) is 28.4 Å². The largest absolute Gasteiger partial charge is 0.479 e. The van der Waals surface area contributed by atoms with Gasteiger partial charge in [-0.1, -0.05) is 42.8 Å². The molecule has 2 amide bonds. The van der Waals surface area contributed by atoms with Gasteiger partial charge in [-0.15, -0.1) is 0 Å². The molecule has 2 aromatic carbocycles. The minimum Gasteiger partial charge on any atom is -0.479 e. The normalized spacial score (nSPS) is 12.2. The molecule has 1 atom stereocenters. The fourth-order valence-electron chi connectivity index (χ4n) is 2.43. The van der Waals surface area contributed by atoms with Crippen molar-refractivity contribution in [3.8, 4) is 5.75 Å². The lowest BCUT2D eigenvalue weighted by Crippen LogP contribution is -2.41. The van der Waals surface area contributed by atoms with Crippen LogP contribution in [-0.4, -0.2) is 23.5 Å². The van der Waals surface area contributed by atoms with Crippen molar-refractivity contribution in [2.24, 2.45) is 0 Å². The maximum atomic E-state index is 12.7. The average Bonchev–Trinajstić information content (AvgIpc) is 2.60. The molecule has 5 nitrogen and oxygen atoms in total. The minimum absolute atomic E-state index is 0.251. The van der Waals surface area contributed by atoms with Crippen molar-refractivity contribution in [1.29, 1.82) is 0 Å². The monoisotopic (exact) mass is 388 g/mol. The summed E-state index contributed by atoms with van der Waals surface area (Å²) in [6.07, 6.45) is -0.281. The Morgan fingerprint density at radius 3 is 2.33 bits per heavy atom. The van der Waals surface area contributed by atoms with E-state index in [1.54, 1.807) is 48.5 Å². The number of anilines is 1. The summed E-state index contributed by atoms with van der Waals surface area (Å²) in [6.45, 7) is 7.54. The van der Waals surface area contributed by atoms with Gasteiger partial charge in [0.2, 0.25) is 0 Å². The molecular formula is C21H25ClN2O3. The molecule has 0 aromatic heterocycles. The van der Waals surface area contributed by atoms with Gasteiger partial charge in [0.25, 0.3) is 11.8 Å². The van der Waals surface area contributed by atoms with E-state index < -0.39 is 6.10 Å². The van der Waals surface area contributed by atoms with Crippen LogP contribution < -0.4 is 15.4 Å². The van der Waals surface area contributed by atoms with Gasteiger partial charge in [-0.3, -0.25) is 9.59 Å². The molecule has 0 spiro atoms. The fraction of sp³-hybridized carbons (Fsp3) is 0.333. The van der Waals surface area contributed by atoms with Crippen LogP contribution in [0.15, 0.2) is 48.5 Å². The van der Waals surface area contributed by atoms with Crippen LogP contribution in [0.2, 0.25) is 5.02 Å². The molecule has 0 aliphatic carbocycles. The molecule has 2 aromatic rings. The molecule has 2 N–H and O–H groups in total. The summed E-state index contributed by atoms with van der Waals surface area (Å²) < 4.78 is 5.76. The van der Waals surface area contributed by atoms with Crippen molar-refractivity contribution < 1.29 is 14.3 Å². The van der Waals surface area contributed by atoms with E-state index >= 15 is 0 Å². The summed E-state index contributed by atoms with van der Waals surface area (Å²) >= 11 is 6.11. The van der Waals surface area contributed by atoms with Crippen LogP contribution >= 0.6 is 11.6 Å². The van der Waals surface area contributed by atoms with Crippen LogP contribution in [0.5, 0.6) is 5.75 Å². The number of halogens is 1. The van der Waals surface area contributed by atoms with Crippen LogP contribution in [0.25, 0.3) is 0 Å². The SMILES string of the molecule is CCC(Oc1ccccc1Cl)C(=O)Nc1ccccc1C(=O)NC(C)(C)C. The highest BCUT2D eigenvalue weighted by Gasteiger charge is 2.23. The van der Waals surface area contributed by atoms with E-state index in [4.69, 9.17) is 16.3 Å². The first-order chi connectivity index (χ1) is 12.7. The number of para-hydroxylation sites is 2. The first-order valence-corrected chi connectivity index (χ1v) is 9.22. The first-order valence-electron chi connectivity index (χ1n) is 8.85. The van der Waals surface area contributed by atoms with E-state index in [-0.39, 0.29) is 17.4 Å². The van der Waals surface area contributed by atoms with Gasteiger partial charge in [0, 0.05) is 5.54 Å². The Kier molecular flexibility index (Phi) is 6.86. The summed E-state index contributed by atoms with van der Waals surface area (Å²) in [5.74, 6) is -0.146. The Balaban J connectivity index is 2.17. The zero-order chi connectivity index (χ0) is 20.0. The lowest BCUT2D eigenvalue weighted by Gasteiger charge is -2.22. The number of nitrogens with one attached hydrogen (secondary N) is 2. The molecule has 0 radical (unpaired) electrons. The van der Waals surface area contributed by atoms with E-state index in [0.717, 1.165) is 0 Å². The molecule has 27 heavy (non-hydrogen) atoms. The van der Waals surface area contributed by atoms with Crippen LogP contribution in [0, 0.1) is 0 Å². The third-order valence-corrected chi connectivity index (χ3v) is 4.00. The second-order valence-corrected chi connectivity index (χ2v) is 7.59. The second kappa shape index (κ2) is 8.91. The van der Waals surface area contributed by atoms with E-state index in [1.807, 2.05) is 27.7 Å². The van der Waals surface area contributed by atoms with E-state index in [2.05, 4.69) is 10.6 Å². The van der Waals surface area contributed by atoms with Gasteiger partial charge in [0.1, 0.15) is 5.75 Å². The molecule has 2 rings (SSSR count). The standard InChI is InChI=1S/C21H25ClN2O3/c1-5-17(27-18-13-9-7-11-15(18)22)20(26)23-16-12-8-6-10-14(16)19(25)24-21(2,3)4/h6-13,17H,5H2,1-4H3,(H,23,26)(H,24,25). The Labute approximate surface area is 165 Å². The number of hydrogen-bond donors (Lipinski definition) is 2. The highest BCUT2D eigenvalue weighted by molar-refractivity contribution is 6.32. The minimum atomic E-state index is -0.733. The predicted molar refractivity (Wildman–Crippen MR) is 108 cm³/mol. The molecule has 0 bridgehead atoms. The van der Waals surface area contributed by atoms with Crippen molar-refractivity contribution in [2.45, 2.75) is 45.8 Å².